The molecular weight excluding hydrogens is 240 g/mol. The summed E-state index contributed by atoms with van der Waals surface area (Å²) in [6.07, 6.45) is 2.28. The van der Waals surface area contributed by atoms with Gasteiger partial charge < -0.3 is 15.8 Å². The molecule has 3 N–H and O–H groups in total. The maximum absolute atomic E-state index is 11.7. The summed E-state index contributed by atoms with van der Waals surface area (Å²) in [7, 11) is 1.36. The van der Waals surface area contributed by atoms with Gasteiger partial charge in [-0.25, -0.2) is 4.79 Å². The second-order valence-corrected chi connectivity index (χ2v) is 4.81. The van der Waals surface area contributed by atoms with Gasteiger partial charge in [0.25, 0.3) is 0 Å². The fraction of sp³-hybridized carbons (Fsp3) is 0.533. The van der Waals surface area contributed by atoms with Gasteiger partial charge >= 0.3 is 5.97 Å². The molecule has 4 heteroatoms. The molecule has 1 aromatic carbocycles. The molecule has 0 aliphatic carbocycles. The highest BCUT2D eigenvalue weighted by atomic mass is 16.5. The van der Waals surface area contributed by atoms with Crippen molar-refractivity contribution in [1.82, 2.24) is 0 Å². The second-order valence-electron chi connectivity index (χ2n) is 4.81. The second kappa shape index (κ2) is 7.02. The van der Waals surface area contributed by atoms with Gasteiger partial charge in [-0.05, 0) is 30.5 Å². The van der Waals surface area contributed by atoms with Crippen molar-refractivity contribution in [1.29, 1.82) is 0 Å². The molecule has 0 aliphatic heterocycles. The third-order valence-corrected chi connectivity index (χ3v) is 3.54. The first kappa shape index (κ1) is 15.3. The average Bonchev–Trinajstić information content (AvgIpc) is 2.42. The summed E-state index contributed by atoms with van der Waals surface area (Å²) in [5, 5.41) is 3.37. The van der Waals surface area contributed by atoms with Crippen molar-refractivity contribution in [3.05, 3.63) is 23.3 Å². The number of esters is 1. The van der Waals surface area contributed by atoms with Crippen molar-refractivity contribution in [2.75, 3.05) is 24.7 Å². The zero-order valence-electron chi connectivity index (χ0n) is 12.2. The topological polar surface area (TPSA) is 64.3 Å². The van der Waals surface area contributed by atoms with Gasteiger partial charge in [-0.1, -0.05) is 26.7 Å². The molecule has 0 bridgehead atoms. The summed E-state index contributed by atoms with van der Waals surface area (Å²) < 4.78 is 4.75. The number of nitrogen functional groups attached to an aromatic ring is 1. The van der Waals surface area contributed by atoms with Gasteiger partial charge in [0.15, 0.2) is 0 Å². The predicted molar refractivity (Wildman–Crippen MR) is 79.5 cm³/mol. The number of aryl methyl sites for hydroxylation is 1. The number of rotatable bonds is 6. The minimum atomic E-state index is -0.396. The van der Waals surface area contributed by atoms with Crippen LogP contribution >= 0.6 is 0 Å². The standard InChI is InChI=1S/C15H24N2O2/c1-5-11(6-2)9-17-12-7-10(3)14(16)13(8-12)15(18)19-4/h7-8,11,17H,5-6,9,16H2,1-4H3. The van der Waals surface area contributed by atoms with Gasteiger partial charge in [-0.2, -0.15) is 0 Å². The highest BCUT2D eigenvalue weighted by molar-refractivity contribution is 5.97. The number of carbonyl (C=O) groups is 1. The Hall–Kier alpha value is -1.71. The molecule has 0 aliphatic rings. The van der Waals surface area contributed by atoms with Crippen LogP contribution in [-0.2, 0) is 4.74 Å². The molecule has 0 radical (unpaired) electrons. The van der Waals surface area contributed by atoms with Gasteiger partial charge in [-0.3, -0.25) is 0 Å². The van der Waals surface area contributed by atoms with E-state index in [1.165, 1.54) is 7.11 Å². The number of carbonyl (C=O) groups excluding carboxylic acids is 1. The van der Waals surface area contributed by atoms with Crippen LogP contribution in [-0.4, -0.2) is 19.6 Å². The molecule has 0 amide bonds. The third-order valence-electron chi connectivity index (χ3n) is 3.54. The fourth-order valence-electron chi connectivity index (χ4n) is 2.02. The third kappa shape index (κ3) is 3.88. The van der Waals surface area contributed by atoms with Crippen LogP contribution in [0, 0.1) is 12.8 Å². The van der Waals surface area contributed by atoms with E-state index in [1.807, 2.05) is 13.0 Å². The van der Waals surface area contributed by atoms with Crippen LogP contribution in [0.1, 0.15) is 42.6 Å². The Kier molecular flexibility index (Phi) is 5.67. The Morgan fingerprint density at radius 3 is 2.53 bits per heavy atom. The van der Waals surface area contributed by atoms with Crippen LogP contribution in [0.5, 0.6) is 0 Å². The van der Waals surface area contributed by atoms with E-state index in [1.54, 1.807) is 6.07 Å². The van der Waals surface area contributed by atoms with Gasteiger partial charge in [-0.15, -0.1) is 0 Å². The number of hydrogen-bond donors (Lipinski definition) is 2. The lowest BCUT2D eigenvalue weighted by molar-refractivity contribution is 0.0602. The number of anilines is 2. The fourth-order valence-corrected chi connectivity index (χ4v) is 2.02. The van der Waals surface area contributed by atoms with E-state index >= 15 is 0 Å². The molecule has 1 aromatic rings. The van der Waals surface area contributed by atoms with Crippen LogP contribution < -0.4 is 11.1 Å². The highest BCUT2D eigenvalue weighted by Crippen LogP contribution is 2.24. The summed E-state index contributed by atoms with van der Waals surface area (Å²) in [5.74, 6) is 0.242. The summed E-state index contributed by atoms with van der Waals surface area (Å²) >= 11 is 0. The first-order valence-corrected chi connectivity index (χ1v) is 6.75. The van der Waals surface area contributed by atoms with Gasteiger partial charge in [0.05, 0.1) is 12.7 Å². The smallest absolute Gasteiger partial charge is 0.340 e. The van der Waals surface area contributed by atoms with Crippen LogP contribution in [0.4, 0.5) is 11.4 Å². The van der Waals surface area contributed by atoms with Crippen LogP contribution in [0.3, 0.4) is 0 Å². The van der Waals surface area contributed by atoms with Crippen molar-refractivity contribution < 1.29 is 9.53 Å². The lowest BCUT2D eigenvalue weighted by atomic mass is 10.0. The molecule has 0 saturated carbocycles. The zero-order chi connectivity index (χ0) is 14.4. The average molecular weight is 264 g/mol. The van der Waals surface area contributed by atoms with Crippen LogP contribution in [0.2, 0.25) is 0 Å². The Morgan fingerprint density at radius 1 is 1.37 bits per heavy atom. The zero-order valence-corrected chi connectivity index (χ0v) is 12.2. The SMILES string of the molecule is CCC(CC)CNc1cc(C)c(N)c(C(=O)OC)c1. The lowest BCUT2D eigenvalue weighted by Crippen LogP contribution is -2.14. The summed E-state index contributed by atoms with van der Waals surface area (Å²) in [6, 6.07) is 3.72. The van der Waals surface area contributed by atoms with Crippen molar-refractivity contribution in [3.8, 4) is 0 Å². The van der Waals surface area contributed by atoms with E-state index < -0.39 is 5.97 Å². The Morgan fingerprint density at radius 2 is 2.00 bits per heavy atom. The molecule has 1 rings (SSSR count). The molecule has 0 aromatic heterocycles. The maximum atomic E-state index is 11.7. The molecule has 0 saturated heterocycles. The summed E-state index contributed by atoms with van der Waals surface area (Å²) in [4.78, 5) is 11.7. The van der Waals surface area contributed by atoms with E-state index in [4.69, 9.17) is 10.5 Å². The number of methoxy groups -OCH3 is 1. The summed E-state index contributed by atoms with van der Waals surface area (Å²) in [6.45, 7) is 7.16. The lowest BCUT2D eigenvalue weighted by Gasteiger charge is -2.16. The summed E-state index contributed by atoms with van der Waals surface area (Å²) in [5.41, 5.74) is 8.62. The van der Waals surface area contributed by atoms with E-state index in [9.17, 15) is 4.79 Å². The molecular formula is C15H24N2O2. The monoisotopic (exact) mass is 264 g/mol. The van der Waals surface area contributed by atoms with E-state index in [0.717, 1.165) is 30.6 Å². The van der Waals surface area contributed by atoms with Gasteiger partial charge in [0.1, 0.15) is 0 Å². The first-order chi connectivity index (χ1) is 9.03. The highest BCUT2D eigenvalue weighted by Gasteiger charge is 2.13. The van der Waals surface area contributed by atoms with Crippen molar-refractivity contribution >= 4 is 17.3 Å². The van der Waals surface area contributed by atoms with Crippen molar-refractivity contribution in [2.45, 2.75) is 33.6 Å². The molecule has 0 fully saturated rings. The quantitative estimate of drug-likeness (QED) is 0.611. The Labute approximate surface area is 115 Å². The van der Waals surface area contributed by atoms with Gasteiger partial charge in [0, 0.05) is 17.9 Å². The van der Waals surface area contributed by atoms with E-state index in [-0.39, 0.29) is 0 Å². The van der Waals surface area contributed by atoms with Gasteiger partial charge in [0.2, 0.25) is 0 Å². The van der Waals surface area contributed by atoms with Crippen molar-refractivity contribution in [2.24, 2.45) is 5.92 Å². The van der Waals surface area contributed by atoms with Crippen molar-refractivity contribution in [3.63, 3.8) is 0 Å². The van der Waals surface area contributed by atoms with E-state index in [0.29, 0.717) is 17.2 Å². The number of hydrogen-bond acceptors (Lipinski definition) is 4. The Balaban J connectivity index is 2.91. The van der Waals surface area contributed by atoms with E-state index in [2.05, 4.69) is 19.2 Å². The number of ether oxygens (including phenoxy) is 1. The minimum Gasteiger partial charge on any atom is -0.465 e. The predicted octanol–water partition coefficient (Wildman–Crippen LogP) is 3.21. The van der Waals surface area contributed by atoms with Crippen LogP contribution in [0.25, 0.3) is 0 Å². The molecule has 0 spiro atoms. The normalized spacial score (nSPS) is 10.6. The number of benzene rings is 1. The minimum absolute atomic E-state index is 0.396. The number of nitrogens with one attached hydrogen (secondary N) is 1. The molecule has 0 heterocycles. The Bertz CT molecular complexity index is 440. The number of nitrogens with two attached hydrogens (primary N) is 1. The first-order valence-electron chi connectivity index (χ1n) is 6.75. The molecule has 0 unspecified atom stereocenters. The molecule has 106 valence electrons. The molecule has 4 nitrogen and oxygen atoms in total. The molecule has 0 atom stereocenters. The van der Waals surface area contributed by atoms with Crippen LogP contribution in [0.15, 0.2) is 12.1 Å². The largest absolute Gasteiger partial charge is 0.465 e. The maximum Gasteiger partial charge on any atom is 0.340 e. The molecule has 19 heavy (non-hydrogen) atoms.